The Morgan fingerprint density at radius 1 is 0.906 bits per heavy atom. The molecule has 2 amide bonds. The number of benzene rings is 2. The number of para-hydroxylation sites is 1. The highest BCUT2D eigenvalue weighted by Gasteiger charge is 2.26. The van der Waals surface area contributed by atoms with Gasteiger partial charge < -0.3 is 10.6 Å². The lowest BCUT2D eigenvalue weighted by Gasteiger charge is -2.31. The van der Waals surface area contributed by atoms with Gasteiger partial charge in [0.2, 0.25) is 5.91 Å². The first-order chi connectivity index (χ1) is 15.6. The average molecular weight is 454 g/mol. The van der Waals surface area contributed by atoms with Crippen LogP contribution < -0.4 is 10.6 Å². The maximum Gasteiger partial charge on any atom is 0.253 e. The van der Waals surface area contributed by atoms with Crippen molar-refractivity contribution < 1.29 is 9.59 Å². The number of hydrogen-bond acceptors (Lipinski definition) is 3. The van der Waals surface area contributed by atoms with Gasteiger partial charge in [-0.05, 0) is 68.6 Å². The van der Waals surface area contributed by atoms with E-state index in [9.17, 15) is 9.59 Å². The molecule has 1 saturated heterocycles. The quantitative estimate of drug-likeness (QED) is 0.627. The highest BCUT2D eigenvalue weighted by molar-refractivity contribution is 6.30. The number of piperidine rings is 1. The lowest BCUT2D eigenvalue weighted by molar-refractivity contribution is -0.121. The van der Waals surface area contributed by atoms with Crippen LogP contribution in [0.2, 0.25) is 5.02 Å². The molecule has 170 valence electrons. The van der Waals surface area contributed by atoms with Crippen molar-refractivity contribution in [3.63, 3.8) is 0 Å². The second kappa shape index (κ2) is 11.0. The minimum atomic E-state index is -0.0921. The molecule has 2 aromatic rings. The molecule has 0 atom stereocenters. The van der Waals surface area contributed by atoms with Gasteiger partial charge in [-0.1, -0.05) is 55.1 Å². The summed E-state index contributed by atoms with van der Waals surface area (Å²) in [4.78, 5) is 28.2. The Kier molecular flexibility index (Phi) is 7.82. The number of amides is 2. The van der Waals surface area contributed by atoms with E-state index in [1.807, 2.05) is 30.3 Å². The average Bonchev–Trinajstić information content (AvgIpc) is 2.82. The van der Waals surface area contributed by atoms with Crippen LogP contribution in [-0.2, 0) is 11.3 Å². The smallest absolute Gasteiger partial charge is 0.253 e. The summed E-state index contributed by atoms with van der Waals surface area (Å²) < 4.78 is 0. The van der Waals surface area contributed by atoms with Crippen molar-refractivity contribution in [2.45, 2.75) is 57.5 Å². The Bertz CT molecular complexity index is 917. The van der Waals surface area contributed by atoms with E-state index < -0.39 is 0 Å². The molecular formula is C26H32ClN3O2. The van der Waals surface area contributed by atoms with Crippen molar-refractivity contribution in [3.05, 3.63) is 64.7 Å². The summed E-state index contributed by atoms with van der Waals surface area (Å²) in [6, 6.07) is 15.5. The summed E-state index contributed by atoms with van der Waals surface area (Å²) in [6.07, 6.45) is 7.28. The Hall–Kier alpha value is -2.37. The molecule has 4 rings (SSSR count). The number of hydrogen-bond donors (Lipinski definition) is 2. The SMILES string of the molecule is O=C(NC1CCCCC1)c1ccccc1NC(=O)C1CCN(Cc2ccc(Cl)cc2)CC1. The van der Waals surface area contributed by atoms with Crippen LogP contribution in [0.25, 0.3) is 0 Å². The Labute approximate surface area is 195 Å². The van der Waals surface area contributed by atoms with Gasteiger partial charge in [-0.2, -0.15) is 0 Å². The summed E-state index contributed by atoms with van der Waals surface area (Å²) in [5.41, 5.74) is 2.39. The molecule has 0 bridgehead atoms. The third-order valence-electron chi connectivity index (χ3n) is 6.65. The normalized spacial score (nSPS) is 18.3. The number of likely N-dealkylation sites (tertiary alicyclic amines) is 1. The molecule has 1 heterocycles. The fourth-order valence-corrected chi connectivity index (χ4v) is 4.86. The van der Waals surface area contributed by atoms with E-state index >= 15 is 0 Å². The summed E-state index contributed by atoms with van der Waals surface area (Å²) >= 11 is 5.97. The zero-order valence-electron chi connectivity index (χ0n) is 18.5. The first-order valence-corrected chi connectivity index (χ1v) is 12.1. The molecule has 2 N–H and O–H groups in total. The summed E-state index contributed by atoms with van der Waals surface area (Å²) in [5.74, 6) is -0.120. The van der Waals surface area contributed by atoms with Gasteiger partial charge in [0.25, 0.3) is 5.91 Å². The monoisotopic (exact) mass is 453 g/mol. The molecule has 0 unspecified atom stereocenters. The molecule has 0 spiro atoms. The van der Waals surface area contributed by atoms with Crippen LogP contribution in [-0.4, -0.2) is 35.8 Å². The Morgan fingerprint density at radius 3 is 2.31 bits per heavy atom. The zero-order valence-corrected chi connectivity index (χ0v) is 19.2. The van der Waals surface area contributed by atoms with E-state index in [1.54, 1.807) is 6.07 Å². The molecular weight excluding hydrogens is 422 g/mol. The van der Waals surface area contributed by atoms with Gasteiger partial charge in [-0.25, -0.2) is 0 Å². The lowest BCUT2D eigenvalue weighted by atomic mass is 9.94. The number of halogens is 1. The topological polar surface area (TPSA) is 61.4 Å². The zero-order chi connectivity index (χ0) is 22.3. The van der Waals surface area contributed by atoms with E-state index in [1.165, 1.54) is 24.8 Å². The van der Waals surface area contributed by atoms with E-state index in [0.29, 0.717) is 11.3 Å². The van der Waals surface area contributed by atoms with Gasteiger partial charge in [0.05, 0.1) is 11.3 Å². The van der Waals surface area contributed by atoms with Crippen molar-refractivity contribution >= 4 is 29.1 Å². The molecule has 2 aromatic carbocycles. The third-order valence-corrected chi connectivity index (χ3v) is 6.90. The molecule has 1 aliphatic heterocycles. The second-order valence-corrected chi connectivity index (χ2v) is 9.46. The minimum Gasteiger partial charge on any atom is -0.349 e. The van der Waals surface area contributed by atoms with Crippen LogP contribution in [0.15, 0.2) is 48.5 Å². The Morgan fingerprint density at radius 2 is 1.59 bits per heavy atom. The van der Waals surface area contributed by atoms with Gasteiger partial charge in [-0.15, -0.1) is 0 Å². The van der Waals surface area contributed by atoms with E-state index in [4.69, 9.17) is 11.6 Å². The summed E-state index contributed by atoms with van der Waals surface area (Å²) in [6.45, 7) is 2.63. The van der Waals surface area contributed by atoms with Crippen molar-refractivity contribution in [3.8, 4) is 0 Å². The first kappa shape index (κ1) is 22.8. The summed E-state index contributed by atoms with van der Waals surface area (Å²) in [7, 11) is 0. The standard InChI is InChI=1S/C26H32ClN3O2/c27-21-12-10-19(11-13-21)18-30-16-14-20(15-17-30)25(31)29-24-9-5-4-8-23(24)26(32)28-22-6-2-1-3-7-22/h4-5,8-13,20,22H,1-3,6-7,14-18H2,(H,28,32)(H,29,31). The third kappa shape index (κ3) is 6.11. The van der Waals surface area contributed by atoms with E-state index in [0.717, 1.165) is 50.3 Å². The number of carbonyl (C=O) groups is 2. The molecule has 0 aromatic heterocycles. The molecule has 1 saturated carbocycles. The molecule has 6 heteroatoms. The van der Waals surface area contributed by atoms with Crippen molar-refractivity contribution in [1.82, 2.24) is 10.2 Å². The number of nitrogens with one attached hydrogen (secondary N) is 2. The fourth-order valence-electron chi connectivity index (χ4n) is 4.74. The maximum absolute atomic E-state index is 13.0. The molecule has 2 fully saturated rings. The van der Waals surface area contributed by atoms with Gasteiger partial charge in [-0.3, -0.25) is 14.5 Å². The Balaban J connectivity index is 1.30. The van der Waals surface area contributed by atoms with E-state index in [2.05, 4.69) is 27.7 Å². The largest absolute Gasteiger partial charge is 0.349 e. The van der Waals surface area contributed by atoms with Crippen molar-refractivity contribution in [2.24, 2.45) is 5.92 Å². The van der Waals surface area contributed by atoms with Crippen LogP contribution in [0.1, 0.15) is 60.9 Å². The summed E-state index contributed by atoms with van der Waals surface area (Å²) in [5, 5.41) is 6.94. The van der Waals surface area contributed by atoms with Crippen LogP contribution in [0.5, 0.6) is 0 Å². The number of carbonyl (C=O) groups excluding carboxylic acids is 2. The maximum atomic E-state index is 13.0. The minimum absolute atomic E-state index is 0.00839. The van der Waals surface area contributed by atoms with Crippen LogP contribution in [0.3, 0.4) is 0 Å². The molecule has 5 nitrogen and oxygen atoms in total. The van der Waals surface area contributed by atoms with Gasteiger partial charge in [0, 0.05) is 23.5 Å². The molecule has 0 radical (unpaired) electrons. The second-order valence-electron chi connectivity index (χ2n) is 9.02. The predicted molar refractivity (Wildman–Crippen MR) is 129 cm³/mol. The van der Waals surface area contributed by atoms with Crippen molar-refractivity contribution in [2.75, 3.05) is 18.4 Å². The first-order valence-electron chi connectivity index (χ1n) is 11.8. The molecule has 2 aliphatic rings. The van der Waals surface area contributed by atoms with Crippen LogP contribution in [0, 0.1) is 5.92 Å². The number of anilines is 1. The highest BCUT2D eigenvalue weighted by Crippen LogP contribution is 2.24. The molecule has 1 aliphatic carbocycles. The number of nitrogens with zero attached hydrogens (tertiary/aromatic N) is 1. The molecule has 32 heavy (non-hydrogen) atoms. The van der Waals surface area contributed by atoms with Crippen LogP contribution in [0.4, 0.5) is 5.69 Å². The van der Waals surface area contributed by atoms with Crippen molar-refractivity contribution in [1.29, 1.82) is 0 Å². The van der Waals surface area contributed by atoms with E-state index in [-0.39, 0.29) is 23.8 Å². The van der Waals surface area contributed by atoms with Gasteiger partial charge in [0.1, 0.15) is 0 Å². The van der Waals surface area contributed by atoms with Crippen LogP contribution >= 0.6 is 11.6 Å². The number of rotatable bonds is 6. The predicted octanol–water partition coefficient (Wildman–Crippen LogP) is 5.25. The van der Waals surface area contributed by atoms with Gasteiger partial charge in [0.15, 0.2) is 0 Å². The fraction of sp³-hybridized carbons (Fsp3) is 0.462. The highest BCUT2D eigenvalue weighted by atomic mass is 35.5. The lowest BCUT2D eigenvalue weighted by Crippen LogP contribution is -2.38. The van der Waals surface area contributed by atoms with Gasteiger partial charge >= 0.3 is 0 Å².